The van der Waals surface area contributed by atoms with Crippen LogP contribution in [0.3, 0.4) is 0 Å². The van der Waals surface area contributed by atoms with Crippen molar-refractivity contribution in [2.75, 3.05) is 13.2 Å². The lowest BCUT2D eigenvalue weighted by atomic mass is 10.0. The molecule has 0 N–H and O–H groups in total. The molecular formula is C70H118O6. The second-order valence-electron chi connectivity index (χ2n) is 20.9. The molecule has 0 rings (SSSR count). The molecule has 0 amide bonds. The maximum atomic E-state index is 12.9. The fraction of sp³-hybridized carbons (Fsp3) is 0.700. The largest absolute Gasteiger partial charge is 0.462 e. The van der Waals surface area contributed by atoms with Crippen LogP contribution in [0.5, 0.6) is 0 Å². The van der Waals surface area contributed by atoms with Crippen molar-refractivity contribution < 1.29 is 28.6 Å². The Hall–Kier alpha value is -3.93. The summed E-state index contributed by atoms with van der Waals surface area (Å²) in [4.78, 5) is 38.3. The van der Waals surface area contributed by atoms with Crippen LogP contribution >= 0.6 is 0 Å². The van der Waals surface area contributed by atoms with Gasteiger partial charge in [-0.25, -0.2) is 0 Å². The van der Waals surface area contributed by atoms with E-state index in [4.69, 9.17) is 14.2 Å². The van der Waals surface area contributed by atoms with Gasteiger partial charge in [-0.15, -0.1) is 0 Å². The second-order valence-corrected chi connectivity index (χ2v) is 20.9. The predicted octanol–water partition coefficient (Wildman–Crippen LogP) is 21.8. The Bertz CT molecular complexity index is 1540. The minimum atomic E-state index is -0.799. The average molecular weight is 1060 g/mol. The Morgan fingerprint density at radius 3 is 0.855 bits per heavy atom. The van der Waals surface area contributed by atoms with Crippen molar-refractivity contribution in [1.29, 1.82) is 0 Å². The van der Waals surface area contributed by atoms with E-state index < -0.39 is 6.10 Å². The van der Waals surface area contributed by atoms with Gasteiger partial charge in [0.25, 0.3) is 0 Å². The number of hydrogen-bond donors (Lipinski definition) is 0. The topological polar surface area (TPSA) is 78.9 Å². The number of carbonyl (C=O) groups excluding carboxylic acids is 3. The van der Waals surface area contributed by atoms with Crippen LogP contribution in [0.2, 0.25) is 0 Å². The average Bonchev–Trinajstić information content (AvgIpc) is 3.42. The number of esters is 3. The summed E-state index contributed by atoms with van der Waals surface area (Å²) in [6.45, 7) is 6.47. The Morgan fingerprint density at radius 2 is 0.526 bits per heavy atom. The van der Waals surface area contributed by atoms with E-state index in [0.29, 0.717) is 19.3 Å². The third-order valence-corrected chi connectivity index (χ3v) is 13.5. The normalized spacial score (nSPS) is 12.8. The zero-order chi connectivity index (χ0) is 55.0. The Balaban J connectivity index is 4.43. The molecule has 0 aromatic carbocycles. The number of hydrogen-bond acceptors (Lipinski definition) is 6. The Kier molecular flexibility index (Phi) is 60.3. The summed E-state index contributed by atoms with van der Waals surface area (Å²) in [5.41, 5.74) is 0. The van der Waals surface area contributed by atoms with Crippen molar-refractivity contribution in [2.24, 2.45) is 0 Å². The molecule has 1 atom stereocenters. The molecule has 76 heavy (non-hydrogen) atoms. The Labute approximate surface area is 470 Å². The summed E-state index contributed by atoms with van der Waals surface area (Å²) in [5, 5.41) is 0. The monoisotopic (exact) mass is 1050 g/mol. The lowest BCUT2D eigenvalue weighted by Gasteiger charge is -2.18. The van der Waals surface area contributed by atoms with Crippen LogP contribution in [0.25, 0.3) is 0 Å². The van der Waals surface area contributed by atoms with E-state index in [1.165, 1.54) is 122 Å². The van der Waals surface area contributed by atoms with Gasteiger partial charge in [0.15, 0.2) is 6.10 Å². The van der Waals surface area contributed by atoms with Crippen molar-refractivity contribution in [1.82, 2.24) is 0 Å². The summed E-state index contributed by atoms with van der Waals surface area (Å²) in [6.07, 6.45) is 86.6. The zero-order valence-corrected chi connectivity index (χ0v) is 49.7. The molecule has 0 fully saturated rings. The van der Waals surface area contributed by atoms with E-state index in [1.807, 2.05) is 0 Å². The summed E-state index contributed by atoms with van der Waals surface area (Å²) < 4.78 is 16.9. The molecule has 434 valence electrons. The highest BCUT2D eigenvalue weighted by atomic mass is 16.6. The van der Waals surface area contributed by atoms with E-state index in [2.05, 4.69) is 130 Å². The molecular weight excluding hydrogens is 937 g/mol. The third kappa shape index (κ3) is 60.9. The molecule has 0 saturated carbocycles. The molecule has 0 bridgehead atoms. The number of unbranched alkanes of at least 4 members (excludes halogenated alkanes) is 28. The van der Waals surface area contributed by atoms with Gasteiger partial charge in [-0.1, -0.05) is 284 Å². The molecule has 0 saturated heterocycles. The van der Waals surface area contributed by atoms with E-state index in [9.17, 15) is 14.4 Å². The minimum Gasteiger partial charge on any atom is -0.462 e. The van der Waals surface area contributed by atoms with Gasteiger partial charge in [-0.2, -0.15) is 0 Å². The Morgan fingerprint density at radius 1 is 0.276 bits per heavy atom. The van der Waals surface area contributed by atoms with Crippen LogP contribution in [0.15, 0.2) is 109 Å². The molecule has 0 radical (unpaired) electrons. The highest BCUT2D eigenvalue weighted by Gasteiger charge is 2.19. The molecule has 0 aliphatic heterocycles. The van der Waals surface area contributed by atoms with Gasteiger partial charge in [0.2, 0.25) is 0 Å². The third-order valence-electron chi connectivity index (χ3n) is 13.5. The van der Waals surface area contributed by atoms with Gasteiger partial charge in [0.1, 0.15) is 13.2 Å². The van der Waals surface area contributed by atoms with Crippen LogP contribution in [0.4, 0.5) is 0 Å². The SMILES string of the molecule is CC/C=C\C/C=C\C/C=C\C/C=C\C/C=C\C/C=C\C/C=C\CCCCCC(=O)OCC(COC(=O)CCCCCCC/C=C\C/C=C\CCCC)OC(=O)CCCCCCCCCCCCCCCCCCCCC. The second kappa shape index (κ2) is 63.6. The van der Waals surface area contributed by atoms with Crippen molar-refractivity contribution in [2.45, 2.75) is 303 Å². The highest BCUT2D eigenvalue weighted by molar-refractivity contribution is 5.71. The molecule has 0 spiro atoms. The molecule has 6 nitrogen and oxygen atoms in total. The van der Waals surface area contributed by atoms with Crippen LogP contribution in [-0.4, -0.2) is 37.2 Å². The fourth-order valence-corrected chi connectivity index (χ4v) is 8.73. The van der Waals surface area contributed by atoms with Crippen molar-refractivity contribution in [3.05, 3.63) is 109 Å². The van der Waals surface area contributed by atoms with Gasteiger partial charge in [0.05, 0.1) is 0 Å². The molecule has 0 heterocycles. The maximum Gasteiger partial charge on any atom is 0.306 e. The lowest BCUT2D eigenvalue weighted by molar-refractivity contribution is -0.167. The van der Waals surface area contributed by atoms with E-state index in [0.717, 1.165) is 135 Å². The molecule has 0 aromatic heterocycles. The van der Waals surface area contributed by atoms with Gasteiger partial charge in [-0.3, -0.25) is 14.4 Å². The van der Waals surface area contributed by atoms with Gasteiger partial charge in [-0.05, 0) is 103 Å². The van der Waals surface area contributed by atoms with Gasteiger partial charge < -0.3 is 14.2 Å². The molecule has 0 aromatic rings. The first-order valence-electron chi connectivity index (χ1n) is 31.9. The van der Waals surface area contributed by atoms with Crippen LogP contribution in [0, 0.1) is 0 Å². The van der Waals surface area contributed by atoms with Crippen molar-refractivity contribution in [3.8, 4) is 0 Å². The van der Waals surface area contributed by atoms with Crippen LogP contribution < -0.4 is 0 Å². The molecule has 0 aliphatic rings. The number of ether oxygens (including phenoxy) is 3. The number of carbonyl (C=O) groups is 3. The van der Waals surface area contributed by atoms with Crippen molar-refractivity contribution >= 4 is 17.9 Å². The predicted molar refractivity (Wildman–Crippen MR) is 330 cm³/mol. The minimum absolute atomic E-state index is 0.0952. The van der Waals surface area contributed by atoms with Crippen LogP contribution in [-0.2, 0) is 28.6 Å². The smallest absolute Gasteiger partial charge is 0.306 e. The van der Waals surface area contributed by atoms with Crippen LogP contribution in [0.1, 0.15) is 297 Å². The maximum absolute atomic E-state index is 12.9. The molecule has 1 unspecified atom stereocenters. The van der Waals surface area contributed by atoms with E-state index in [1.54, 1.807) is 0 Å². The first-order valence-corrected chi connectivity index (χ1v) is 31.9. The first-order chi connectivity index (χ1) is 37.5. The van der Waals surface area contributed by atoms with E-state index >= 15 is 0 Å². The quantitative estimate of drug-likeness (QED) is 0.0261. The summed E-state index contributed by atoms with van der Waals surface area (Å²) in [7, 11) is 0. The lowest BCUT2D eigenvalue weighted by Crippen LogP contribution is -2.30. The van der Waals surface area contributed by atoms with Gasteiger partial charge >= 0.3 is 17.9 Å². The highest BCUT2D eigenvalue weighted by Crippen LogP contribution is 2.16. The van der Waals surface area contributed by atoms with E-state index in [-0.39, 0.29) is 31.1 Å². The summed E-state index contributed by atoms with van der Waals surface area (Å²) >= 11 is 0. The molecule has 6 heteroatoms. The molecule has 0 aliphatic carbocycles. The zero-order valence-electron chi connectivity index (χ0n) is 49.7. The number of allylic oxidation sites excluding steroid dienone is 18. The standard InChI is InChI=1S/C70H118O6/c1-4-7-10-13-16-19-22-25-28-30-32-33-34-35-36-37-39-40-42-45-48-51-54-57-60-63-69(72)75-66-67(65-74-68(71)62-59-56-53-50-47-44-27-24-21-18-15-12-9-6-3)76-70(73)64-61-58-55-52-49-46-43-41-38-31-29-26-23-20-17-14-11-8-5-2/h7,10,15-16,18-19,24-25,27-28,32-33,35-36,39-40,45,48,67H,4-6,8-9,11-14,17,20-23,26,29-31,34,37-38,41-44,46-47,49-66H2,1-3H3/b10-7-,18-15-,19-16-,27-24-,28-25-,33-32-,36-35-,40-39-,48-45-. The first kappa shape index (κ1) is 72.1. The number of rotatable bonds is 57. The van der Waals surface area contributed by atoms with Gasteiger partial charge in [0, 0.05) is 19.3 Å². The fourth-order valence-electron chi connectivity index (χ4n) is 8.73. The summed E-state index contributed by atoms with van der Waals surface area (Å²) in [6, 6.07) is 0. The van der Waals surface area contributed by atoms with Crippen molar-refractivity contribution in [3.63, 3.8) is 0 Å². The summed E-state index contributed by atoms with van der Waals surface area (Å²) in [5.74, 6) is -0.933.